The fraction of sp³-hybridized carbons (Fsp3) is 0.462. The van der Waals surface area contributed by atoms with E-state index < -0.39 is 0 Å². The Bertz CT molecular complexity index is 450. The molecule has 1 N–H and O–H groups in total. The first kappa shape index (κ1) is 13.8. The molecule has 1 aromatic rings. The molecule has 1 heterocycles. The molecule has 1 aromatic carbocycles. The molecule has 0 spiro atoms. The van der Waals surface area contributed by atoms with E-state index in [9.17, 15) is 5.26 Å². The van der Waals surface area contributed by atoms with Crippen LogP contribution in [0.1, 0.15) is 18.0 Å². The van der Waals surface area contributed by atoms with E-state index in [0.717, 1.165) is 42.6 Å². The highest BCUT2D eigenvalue weighted by Gasteiger charge is 2.22. The van der Waals surface area contributed by atoms with Gasteiger partial charge in [-0.1, -0.05) is 33.6 Å². The van der Waals surface area contributed by atoms with Gasteiger partial charge >= 0.3 is 0 Å². The molecule has 0 amide bonds. The molecule has 1 fully saturated rings. The highest BCUT2D eigenvalue weighted by atomic mass is 79.9. The largest absolute Gasteiger partial charge is 0.315 e. The van der Waals surface area contributed by atoms with Gasteiger partial charge in [0.25, 0.3) is 0 Å². The van der Waals surface area contributed by atoms with Crippen LogP contribution < -0.4 is 5.32 Å². The van der Waals surface area contributed by atoms with Gasteiger partial charge in [-0.3, -0.25) is 4.90 Å². The Morgan fingerprint density at radius 2 is 2.22 bits per heavy atom. The molecule has 1 atom stereocenters. The molecular formula is C13H15BrClN3. The fourth-order valence-corrected chi connectivity index (χ4v) is 3.10. The third kappa shape index (κ3) is 3.24. The smallest absolute Gasteiger partial charge is 0.124 e. The molecule has 1 unspecified atom stereocenters. The third-order valence-corrected chi connectivity index (χ3v) is 4.04. The summed E-state index contributed by atoms with van der Waals surface area (Å²) < 4.78 is 0.902. The van der Waals surface area contributed by atoms with Crippen molar-refractivity contribution < 1.29 is 0 Å². The summed E-state index contributed by atoms with van der Waals surface area (Å²) in [5.41, 5.74) is 0.990. The van der Waals surface area contributed by atoms with E-state index in [1.165, 1.54) is 0 Å². The fourth-order valence-electron chi connectivity index (χ4n) is 2.20. The number of halogens is 2. The molecule has 96 valence electrons. The lowest BCUT2D eigenvalue weighted by Gasteiger charge is -2.26. The van der Waals surface area contributed by atoms with Crippen molar-refractivity contribution in [1.82, 2.24) is 10.2 Å². The quantitative estimate of drug-likeness (QED) is 0.907. The van der Waals surface area contributed by atoms with Crippen molar-refractivity contribution in [2.75, 3.05) is 26.2 Å². The molecule has 0 radical (unpaired) electrons. The van der Waals surface area contributed by atoms with Crippen molar-refractivity contribution in [1.29, 1.82) is 5.26 Å². The lowest BCUT2D eigenvalue weighted by molar-refractivity contribution is 0.252. The first-order valence-electron chi connectivity index (χ1n) is 6.01. The van der Waals surface area contributed by atoms with Crippen LogP contribution in [0.25, 0.3) is 0 Å². The average Bonchev–Trinajstić information content (AvgIpc) is 2.62. The van der Waals surface area contributed by atoms with Gasteiger partial charge in [0.05, 0.1) is 6.07 Å². The second-order valence-electron chi connectivity index (χ2n) is 4.34. The Balaban J connectivity index is 2.24. The van der Waals surface area contributed by atoms with Gasteiger partial charge < -0.3 is 5.32 Å². The molecule has 0 saturated carbocycles. The van der Waals surface area contributed by atoms with Gasteiger partial charge in [0, 0.05) is 29.1 Å². The molecule has 0 bridgehead atoms. The number of hydrogen-bond acceptors (Lipinski definition) is 3. The summed E-state index contributed by atoms with van der Waals surface area (Å²) in [6.07, 6.45) is 1.07. The van der Waals surface area contributed by atoms with Crippen LogP contribution >= 0.6 is 27.5 Å². The third-order valence-electron chi connectivity index (χ3n) is 3.12. The second-order valence-corrected chi connectivity index (χ2v) is 5.63. The summed E-state index contributed by atoms with van der Waals surface area (Å²) in [6.45, 7) is 3.80. The molecule has 18 heavy (non-hydrogen) atoms. The zero-order valence-corrected chi connectivity index (χ0v) is 12.3. The van der Waals surface area contributed by atoms with E-state index in [4.69, 9.17) is 11.6 Å². The number of benzene rings is 1. The second kappa shape index (κ2) is 6.53. The monoisotopic (exact) mass is 327 g/mol. The van der Waals surface area contributed by atoms with Crippen LogP contribution in [-0.4, -0.2) is 31.1 Å². The van der Waals surface area contributed by atoms with Crippen molar-refractivity contribution in [2.45, 2.75) is 12.5 Å². The number of nitrogens with zero attached hydrogens (tertiary/aromatic N) is 2. The van der Waals surface area contributed by atoms with Gasteiger partial charge in [-0.15, -0.1) is 0 Å². The van der Waals surface area contributed by atoms with E-state index in [0.29, 0.717) is 5.02 Å². The first-order valence-corrected chi connectivity index (χ1v) is 7.19. The van der Waals surface area contributed by atoms with Crippen LogP contribution in [-0.2, 0) is 0 Å². The minimum Gasteiger partial charge on any atom is -0.315 e. The summed E-state index contributed by atoms with van der Waals surface area (Å²) >= 11 is 9.44. The van der Waals surface area contributed by atoms with Crippen LogP contribution in [0.3, 0.4) is 0 Å². The van der Waals surface area contributed by atoms with Crippen molar-refractivity contribution in [3.63, 3.8) is 0 Å². The summed E-state index contributed by atoms with van der Waals surface area (Å²) in [5.74, 6) is 0. The van der Waals surface area contributed by atoms with Crippen LogP contribution in [0.15, 0.2) is 22.7 Å². The lowest BCUT2D eigenvalue weighted by Crippen LogP contribution is -2.31. The molecule has 1 aliphatic rings. The Labute approximate surface area is 121 Å². The van der Waals surface area contributed by atoms with Gasteiger partial charge in [-0.2, -0.15) is 5.26 Å². The van der Waals surface area contributed by atoms with E-state index in [1.54, 1.807) is 0 Å². The standard InChI is InChI=1S/C13H15BrClN3/c14-12-8-10(15)2-3-11(12)13(9-16)18-6-1-4-17-5-7-18/h2-3,8,13,17H,1,4-7H2. The minimum atomic E-state index is -0.212. The maximum absolute atomic E-state index is 9.45. The summed E-state index contributed by atoms with van der Waals surface area (Å²) in [4.78, 5) is 2.22. The summed E-state index contributed by atoms with van der Waals surface area (Å²) in [7, 11) is 0. The van der Waals surface area contributed by atoms with Gasteiger partial charge in [0.15, 0.2) is 0 Å². The number of rotatable bonds is 2. The maximum atomic E-state index is 9.45. The topological polar surface area (TPSA) is 39.1 Å². The van der Waals surface area contributed by atoms with Crippen molar-refractivity contribution >= 4 is 27.5 Å². The predicted octanol–water partition coefficient (Wildman–Crippen LogP) is 2.96. The van der Waals surface area contributed by atoms with Crippen LogP contribution in [0, 0.1) is 11.3 Å². The molecule has 2 rings (SSSR count). The highest BCUT2D eigenvalue weighted by Crippen LogP contribution is 2.30. The first-order chi connectivity index (χ1) is 8.72. The van der Waals surface area contributed by atoms with E-state index >= 15 is 0 Å². The Kier molecular flexibility index (Phi) is 5.02. The summed E-state index contributed by atoms with van der Waals surface area (Å²) in [6, 6.07) is 7.80. The summed E-state index contributed by atoms with van der Waals surface area (Å²) in [5, 5.41) is 13.5. The average molecular weight is 329 g/mol. The number of hydrogen-bond donors (Lipinski definition) is 1. The van der Waals surface area contributed by atoms with Crippen molar-refractivity contribution in [3.05, 3.63) is 33.3 Å². The van der Waals surface area contributed by atoms with Gasteiger partial charge in [0.2, 0.25) is 0 Å². The molecule has 1 saturated heterocycles. The molecule has 5 heteroatoms. The molecule has 1 aliphatic heterocycles. The van der Waals surface area contributed by atoms with Gasteiger partial charge in [0.1, 0.15) is 6.04 Å². The van der Waals surface area contributed by atoms with Gasteiger partial charge in [-0.25, -0.2) is 0 Å². The predicted molar refractivity (Wildman–Crippen MR) is 76.6 cm³/mol. The zero-order chi connectivity index (χ0) is 13.0. The van der Waals surface area contributed by atoms with Crippen LogP contribution in [0.2, 0.25) is 5.02 Å². The SMILES string of the molecule is N#CC(c1ccc(Cl)cc1Br)N1CCCNCC1. The van der Waals surface area contributed by atoms with E-state index in [2.05, 4.69) is 32.2 Å². The zero-order valence-electron chi connectivity index (χ0n) is 10.00. The van der Waals surface area contributed by atoms with Crippen LogP contribution in [0.5, 0.6) is 0 Å². The van der Waals surface area contributed by atoms with Crippen molar-refractivity contribution in [2.24, 2.45) is 0 Å². The minimum absolute atomic E-state index is 0.212. The Hall–Kier alpha value is -0.600. The maximum Gasteiger partial charge on any atom is 0.124 e. The van der Waals surface area contributed by atoms with E-state index in [1.807, 2.05) is 18.2 Å². The molecule has 3 nitrogen and oxygen atoms in total. The normalized spacial score (nSPS) is 18.9. The van der Waals surface area contributed by atoms with Crippen LogP contribution in [0.4, 0.5) is 0 Å². The van der Waals surface area contributed by atoms with E-state index in [-0.39, 0.29) is 6.04 Å². The molecule has 0 aromatic heterocycles. The molecule has 0 aliphatic carbocycles. The van der Waals surface area contributed by atoms with Crippen molar-refractivity contribution in [3.8, 4) is 6.07 Å². The Morgan fingerprint density at radius 1 is 1.39 bits per heavy atom. The lowest BCUT2D eigenvalue weighted by atomic mass is 10.1. The molecular weight excluding hydrogens is 314 g/mol. The Morgan fingerprint density at radius 3 is 2.94 bits per heavy atom. The number of nitrogens with one attached hydrogen (secondary N) is 1. The van der Waals surface area contributed by atoms with Gasteiger partial charge in [-0.05, 0) is 30.7 Å². The number of nitriles is 1. The highest BCUT2D eigenvalue weighted by molar-refractivity contribution is 9.10.